The van der Waals surface area contributed by atoms with Crippen molar-refractivity contribution in [2.45, 2.75) is 0 Å². The summed E-state index contributed by atoms with van der Waals surface area (Å²) in [6.07, 6.45) is 1.47. The molecule has 0 atom stereocenters. The van der Waals surface area contributed by atoms with E-state index in [1.165, 1.54) is 6.08 Å². The highest BCUT2D eigenvalue weighted by molar-refractivity contribution is 5.95. The molecule has 7 heteroatoms. The Balaban J connectivity index is 3.71. The summed E-state index contributed by atoms with van der Waals surface area (Å²) in [6.45, 7) is 3.24. The molecule has 0 fully saturated rings. The van der Waals surface area contributed by atoms with Crippen LogP contribution in [-0.2, 0) is 4.79 Å². The molecule has 2 N–H and O–H groups in total. The second-order valence-electron chi connectivity index (χ2n) is 1.94. The minimum absolute atomic E-state index is 0.265. The standard InChI is InChI=1S/C6H9N5O2/c1-2-3-8-6(13)10-5(12)4-9-11-7/h2H,1,3-4H2,(H2,8,10,12,13). The van der Waals surface area contributed by atoms with E-state index in [0.29, 0.717) is 0 Å². The van der Waals surface area contributed by atoms with E-state index in [2.05, 4.69) is 21.9 Å². The smallest absolute Gasteiger partial charge is 0.321 e. The van der Waals surface area contributed by atoms with Crippen molar-refractivity contribution in [1.29, 1.82) is 0 Å². The Hall–Kier alpha value is -2.01. The summed E-state index contributed by atoms with van der Waals surface area (Å²) in [6, 6.07) is -0.641. The van der Waals surface area contributed by atoms with Gasteiger partial charge in [0, 0.05) is 11.5 Å². The van der Waals surface area contributed by atoms with Gasteiger partial charge in [-0.2, -0.15) is 0 Å². The normalized spacial score (nSPS) is 8.00. The van der Waals surface area contributed by atoms with Crippen molar-refractivity contribution < 1.29 is 9.59 Å². The van der Waals surface area contributed by atoms with Crippen molar-refractivity contribution >= 4 is 11.9 Å². The van der Waals surface area contributed by atoms with E-state index in [1.54, 1.807) is 0 Å². The van der Waals surface area contributed by atoms with Gasteiger partial charge in [-0.15, -0.1) is 6.58 Å². The molecule has 3 amide bonds. The van der Waals surface area contributed by atoms with E-state index in [0.717, 1.165) is 0 Å². The molecule has 0 aliphatic heterocycles. The second-order valence-corrected chi connectivity index (χ2v) is 1.94. The highest BCUT2D eigenvalue weighted by Crippen LogP contribution is 1.73. The predicted molar refractivity (Wildman–Crippen MR) is 45.8 cm³/mol. The number of azide groups is 1. The lowest BCUT2D eigenvalue weighted by molar-refractivity contribution is -0.118. The van der Waals surface area contributed by atoms with Crippen LogP contribution in [0, 0.1) is 0 Å². The Morgan fingerprint density at radius 2 is 2.31 bits per heavy atom. The van der Waals surface area contributed by atoms with Crippen LogP contribution < -0.4 is 10.6 Å². The molecule has 7 nitrogen and oxygen atoms in total. The van der Waals surface area contributed by atoms with Crippen LogP contribution in [0.4, 0.5) is 4.79 Å². The average molecular weight is 183 g/mol. The number of nitrogens with zero attached hydrogens (tertiary/aromatic N) is 3. The van der Waals surface area contributed by atoms with Crippen LogP contribution in [0.3, 0.4) is 0 Å². The summed E-state index contributed by atoms with van der Waals surface area (Å²) in [5, 5.41) is 7.24. The lowest BCUT2D eigenvalue weighted by Gasteiger charge is -2.01. The molecule has 0 aliphatic carbocycles. The molecule has 0 aromatic rings. The van der Waals surface area contributed by atoms with Gasteiger partial charge in [0.15, 0.2) is 0 Å². The van der Waals surface area contributed by atoms with Gasteiger partial charge in [0.25, 0.3) is 0 Å². The Morgan fingerprint density at radius 3 is 2.85 bits per heavy atom. The van der Waals surface area contributed by atoms with Crippen molar-refractivity contribution in [3.05, 3.63) is 23.1 Å². The van der Waals surface area contributed by atoms with Crippen LogP contribution in [-0.4, -0.2) is 25.0 Å². The fraction of sp³-hybridized carbons (Fsp3) is 0.333. The zero-order chi connectivity index (χ0) is 10.1. The SMILES string of the molecule is C=CCNC(=O)NC(=O)CN=[N+]=[N-]. The van der Waals surface area contributed by atoms with E-state index >= 15 is 0 Å². The van der Waals surface area contributed by atoms with E-state index < -0.39 is 18.5 Å². The van der Waals surface area contributed by atoms with Crippen molar-refractivity contribution in [2.75, 3.05) is 13.1 Å². The maximum atomic E-state index is 10.7. The molecule has 0 spiro atoms. The number of amides is 3. The van der Waals surface area contributed by atoms with Gasteiger partial charge < -0.3 is 5.32 Å². The molecule has 0 aromatic heterocycles. The molecule has 0 heterocycles. The predicted octanol–water partition coefficient (Wildman–Crippen LogP) is 0.308. The highest BCUT2D eigenvalue weighted by Gasteiger charge is 2.03. The quantitative estimate of drug-likeness (QED) is 0.283. The van der Waals surface area contributed by atoms with Crippen LogP contribution in [0.1, 0.15) is 0 Å². The monoisotopic (exact) mass is 183 g/mol. The van der Waals surface area contributed by atoms with Gasteiger partial charge >= 0.3 is 6.03 Å². The fourth-order valence-electron chi connectivity index (χ4n) is 0.471. The fourth-order valence-corrected chi connectivity index (χ4v) is 0.471. The lowest BCUT2D eigenvalue weighted by Crippen LogP contribution is -2.40. The Bertz CT molecular complexity index is 256. The zero-order valence-corrected chi connectivity index (χ0v) is 6.86. The number of carbonyl (C=O) groups is 2. The van der Waals surface area contributed by atoms with Crippen molar-refractivity contribution in [3.63, 3.8) is 0 Å². The minimum Gasteiger partial charge on any atom is -0.334 e. The molecule has 0 aliphatic rings. The minimum atomic E-state index is -0.653. The van der Waals surface area contributed by atoms with Crippen LogP contribution in [0.15, 0.2) is 17.8 Å². The molecule has 13 heavy (non-hydrogen) atoms. The van der Waals surface area contributed by atoms with Crippen LogP contribution in [0.2, 0.25) is 0 Å². The van der Waals surface area contributed by atoms with Crippen LogP contribution in [0.25, 0.3) is 10.4 Å². The lowest BCUT2D eigenvalue weighted by atomic mass is 10.6. The van der Waals surface area contributed by atoms with Gasteiger partial charge in [-0.1, -0.05) is 11.2 Å². The largest absolute Gasteiger partial charge is 0.334 e. The van der Waals surface area contributed by atoms with E-state index in [4.69, 9.17) is 5.53 Å². The van der Waals surface area contributed by atoms with E-state index in [9.17, 15) is 9.59 Å². The molecular weight excluding hydrogens is 174 g/mol. The molecule has 0 rings (SSSR count). The maximum absolute atomic E-state index is 10.7. The van der Waals surface area contributed by atoms with E-state index in [-0.39, 0.29) is 6.54 Å². The molecular formula is C6H9N5O2. The first kappa shape index (κ1) is 11.0. The molecule has 0 radical (unpaired) electrons. The molecule has 0 bridgehead atoms. The van der Waals surface area contributed by atoms with Crippen molar-refractivity contribution in [1.82, 2.24) is 10.6 Å². The van der Waals surface area contributed by atoms with E-state index in [1.807, 2.05) is 5.32 Å². The van der Waals surface area contributed by atoms with Gasteiger partial charge in [0.1, 0.15) is 6.54 Å². The van der Waals surface area contributed by atoms with Crippen LogP contribution >= 0.6 is 0 Å². The summed E-state index contributed by atoms with van der Waals surface area (Å²) in [7, 11) is 0. The first-order valence-corrected chi connectivity index (χ1v) is 3.40. The second kappa shape index (κ2) is 6.68. The number of hydrogen-bond acceptors (Lipinski definition) is 3. The maximum Gasteiger partial charge on any atom is 0.321 e. The number of hydrogen-bond donors (Lipinski definition) is 2. The number of carbonyl (C=O) groups excluding carboxylic acids is 2. The Kier molecular flexibility index (Phi) is 5.65. The van der Waals surface area contributed by atoms with Gasteiger partial charge in [-0.05, 0) is 5.53 Å². The summed E-state index contributed by atoms with van der Waals surface area (Å²) in [4.78, 5) is 23.8. The van der Waals surface area contributed by atoms with Crippen molar-refractivity contribution in [3.8, 4) is 0 Å². The topological polar surface area (TPSA) is 107 Å². The van der Waals surface area contributed by atoms with Gasteiger partial charge in [0.05, 0.1) is 0 Å². The summed E-state index contributed by atoms with van der Waals surface area (Å²) in [5.41, 5.74) is 7.86. The van der Waals surface area contributed by atoms with Gasteiger partial charge in [-0.3, -0.25) is 10.1 Å². The average Bonchev–Trinajstić information content (AvgIpc) is 2.11. The first-order chi connectivity index (χ1) is 6.20. The summed E-state index contributed by atoms with van der Waals surface area (Å²) < 4.78 is 0. The summed E-state index contributed by atoms with van der Waals surface area (Å²) >= 11 is 0. The third-order valence-corrected chi connectivity index (χ3v) is 0.937. The highest BCUT2D eigenvalue weighted by atomic mass is 16.2. The Morgan fingerprint density at radius 1 is 1.62 bits per heavy atom. The summed E-state index contributed by atoms with van der Waals surface area (Å²) in [5.74, 6) is -0.653. The third kappa shape index (κ3) is 6.39. The number of urea groups is 1. The molecule has 0 saturated carbocycles. The zero-order valence-electron chi connectivity index (χ0n) is 6.86. The molecule has 0 saturated heterocycles. The third-order valence-electron chi connectivity index (χ3n) is 0.937. The number of imide groups is 1. The number of rotatable bonds is 4. The van der Waals surface area contributed by atoms with Crippen LogP contribution in [0.5, 0.6) is 0 Å². The van der Waals surface area contributed by atoms with Crippen molar-refractivity contribution in [2.24, 2.45) is 5.11 Å². The molecule has 70 valence electrons. The number of nitrogens with one attached hydrogen (secondary N) is 2. The molecule has 0 unspecified atom stereocenters. The first-order valence-electron chi connectivity index (χ1n) is 3.40. The Labute approximate surface area is 74.4 Å². The van der Waals surface area contributed by atoms with Gasteiger partial charge in [-0.25, -0.2) is 4.79 Å². The van der Waals surface area contributed by atoms with Gasteiger partial charge in [0.2, 0.25) is 5.91 Å². The molecule has 0 aromatic carbocycles.